The Morgan fingerprint density at radius 3 is 2.00 bits per heavy atom. The van der Waals surface area contributed by atoms with Crippen molar-refractivity contribution in [3.63, 3.8) is 0 Å². The second-order valence-electron chi connectivity index (χ2n) is 6.57. The molecule has 0 bridgehead atoms. The Morgan fingerprint density at radius 2 is 1.38 bits per heavy atom. The predicted molar refractivity (Wildman–Crippen MR) is 116 cm³/mol. The number of carbonyl (C=O) groups is 2. The summed E-state index contributed by atoms with van der Waals surface area (Å²) in [5, 5.41) is 8.04. The number of aryl methyl sites for hydroxylation is 1. The van der Waals surface area contributed by atoms with Crippen molar-refractivity contribution in [1.29, 1.82) is 0 Å². The molecule has 1 unspecified atom stereocenters. The van der Waals surface area contributed by atoms with Gasteiger partial charge in [0.05, 0.1) is 0 Å². The van der Waals surface area contributed by atoms with E-state index in [-0.39, 0.29) is 6.61 Å². The van der Waals surface area contributed by atoms with Crippen LogP contribution in [0.2, 0.25) is 0 Å². The van der Waals surface area contributed by atoms with Gasteiger partial charge in [0.25, 0.3) is 0 Å². The first-order chi connectivity index (χ1) is 14.1. The first-order valence-electron chi connectivity index (χ1n) is 9.36. The van der Waals surface area contributed by atoms with E-state index in [9.17, 15) is 14.7 Å². The predicted octanol–water partition coefficient (Wildman–Crippen LogP) is 5.81. The molecule has 3 rings (SSSR count). The van der Waals surface area contributed by atoms with E-state index in [0.717, 1.165) is 34.0 Å². The SMILES string of the molecule is O=C(OCc1ccccc1)SC(CCc1ccc(-c2ccccc2)cc1)C(=O)O. The highest BCUT2D eigenvalue weighted by Gasteiger charge is 2.23. The normalized spacial score (nSPS) is 11.6. The summed E-state index contributed by atoms with van der Waals surface area (Å²) >= 11 is 0.731. The average molecular weight is 407 g/mol. The monoisotopic (exact) mass is 406 g/mol. The molecule has 0 aromatic heterocycles. The minimum Gasteiger partial charge on any atom is -0.480 e. The number of hydrogen-bond donors (Lipinski definition) is 1. The fraction of sp³-hybridized carbons (Fsp3) is 0.167. The maximum absolute atomic E-state index is 12.0. The van der Waals surface area contributed by atoms with Crippen LogP contribution in [0, 0.1) is 0 Å². The molecule has 0 spiro atoms. The lowest BCUT2D eigenvalue weighted by molar-refractivity contribution is -0.136. The summed E-state index contributed by atoms with van der Waals surface area (Å²) in [6.45, 7) is 0.139. The number of carbonyl (C=O) groups excluding carboxylic acids is 1. The zero-order valence-electron chi connectivity index (χ0n) is 15.9. The van der Waals surface area contributed by atoms with Gasteiger partial charge in [0.2, 0.25) is 0 Å². The molecule has 0 amide bonds. The van der Waals surface area contributed by atoms with Gasteiger partial charge in [-0.1, -0.05) is 84.9 Å². The van der Waals surface area contributed by atoms with Crippen molar-refractivity contribution in [1.82, 2.24) is 0 Å². The summed E-state index contributed by atoms with van der Waals surface area (Å²) in [5.74, 6) is -1.01. The molecular formula is C24H22O4S. The van der Waals surface area contributed by atoms with Crippen LogP contribution in [0.3, 0.4) is 0 Å². The van der Waals surface area contributed by atoms with Gasteiger partial charge in [-0.25, -0.2) is 4.79 Å². The van der Waals surface area contributed by atoms with E-state index in [1.54, 1.807) is 0 Å². The molecule has 1 N–H and O–H groups in total. The summed E-state index contributed by atoms with van der Waals surface area (Å²) in [6.07, 6.45) is 0.927. The molecular weight excluding hydrogens is 384 g/mol. The second-order valence-corrected chi connectivity index (χ2v) is 7.71. The van der Waals surface area contributed by atoms with Crippen molar-refractivity contribution in [3.05, 3.63) is 96.1 Å². The Labute approximate surface area is 174 Å². The lowest BCUT2D eigenvalue weighted by Crippen LogP contribution is -2.19. The summed E-state index contributed by atoms with van der Waals surface area (Å²) in [4.78, 5) is 23.6. The fourth-order valence-corrected chi connectivity index (χ4v) is 3.59. The van der Waals surface area contributed by atoms with E-state index in [4.69, 9.17) is 4.74 Å². The minimum atomic E-state index is -1.01. The highest BCUT2D eigenvalue weighted by Crippen LogP contribution is 2.23. The Bertz CT molecular complexity index is 924. The number of ether oxygens (including phenoxy) is 1. The molecule has 1 atom stereocenters. The zero-order chi connectivity index (χ0) is 20.5. The van der Waals surface area contributed by atoms with Gasteiger partial charge in [0.15, 0.2) is 0 Å². The Hall–Kier alpha value is -3.05. The van der Waals surface area contributed by atoms with Gasteiger partial charge in [-0.3, -0.25) is 4.79 Å². The van der Waals surface area contributed by atoms with Crippen LogP contribution in [0.1, 0.15) is 17.5 Å². The van der Waals surface area contributed by atoms with Gasteiger partial charge in [-0.05, 0) is 46.9 Å². The second kappa shape index (κ2) is 10.5. The third-order valence-electron chi connectivity index (χ3n) is 4.47. The maximum Gasteiger partial charge on any atom is 0.368 e. The number of aliphatic carboxylic acids is 1. The van der Waals surface area contributed by atoms with Crippen molar-refractivity contribution in [3.8, 4) is 11.1 Å². The smallest absolute Gasteiger partial charge is 0.368 e. The summed E-state index contributed by atoms with van der Waals surface area (Å²) in [7, 11) is 0. The molecule has 0 heterocycles. The topological polar surface area (TPSA) is 63.6 Å². The molecule has 4 nitrogen and oxygen atoms in total. The molecule has 148 valence electrons. The molecule has 0 radical (unpaired) electrons. The zero-order valence-corrected chi connectivity index (χ0v) is 16.7. The standard InChI is InChI=1S/C24H22O4S/c25-23(26)22(29-24(27)28-17-19-7-3-1-4-8-19)16-13-18-11-14-21(15-12-18)20-9-5-2-6-10-20/h1-12,14-15,22H,13,16-17H2,(H,25,26). The molecule has 5 heteroatoms. The highest BCUT2D eigenvalue weighted by molar-refractivity contribution is 8.14. The Morgan fingerprint density at radius 1 is 0.793 bits per heavy atom. The molecule has 3 aromatic carbocycles. The van der Waals surface area contributed by atoms with Crippen LogP contribution in [0.4, 0.5) is 4.79 Å². The maximum atomic E-state index is 12.0. The molecule has 0 aliphatic carbocycles. The first kappa shape index (κ1) is 20.7. The van der Waals surface area contributed by atoms with Crippen molar-refractivity contribution in [2.75, 3.05) is 0 Å². The van der Waals surface area contributed by atoms with Crippen molar-refractivity contribution < 1.29 is 19.4 Å². The van der Waals surface area contributed by atoms with Gasteiger partial charge >= 0.3 is 11.3 Å². The molecule has 0 aliphatic heterocycles. The van der Waals surface area contributed by atoms with E-state index in [2.05, 4.69) is 0 Å². The summed E-state index contributed by atoms with van der Waals surface area (Å²) in [6, 6.07) is 27.4. The first-order valence-corrected chi connectivity index (χ1v) is 10.2. The summed E-state index contributed by atoms with van der Waals surface area (Å²) < 4.78 is 5.19. The fourth-order valence-electron chi connectivity index (χ4n) is 2.89. The van der Waals surface area contributed by atoms with Crippen LogP contribution >= 0.6 is 11.8 Å². The van der Waals surface area contributed by atoms with Crippen LogP contribution < -0.4 is 0 Å². The van der Waals surface area contributed by atoms with E-state index < -0.39 is 16.5 Å². The lowest BCUT2D eigenvalue weighted by Gasteiger charge is -2.12. The van der Waals surface area contributed by atoms with E-state index in [1.807, 2.05) is 84.9 Å². The van der Waals surface area contributed by atoms with Gasteiger partial charge in [0, 0.05) is 0 Å². The number of thioether (sulfide) groups is 1. The lowest BCUT2D eigenvalue weighted by atomic mass is 10.0. The number of benzene rings is 3. The molecule has 0 aliphatic rings. The van der Waals surface area contributed by atoms with Crippen LogP contribution in [-0.4, -0.2) is 21.6 Å². The van der Waals surface area contributed by atoms with Crippen molar-refractivity contribution >= 4 is 23.0 Å². The number of rotatable bonds is 8. The van der Waals surface area contributed by atoms with E-state index in [1.165, 1.54) is 0 Å². The van der Waals surface area contributed by atoms with E-state index >= 15 is 0 Å². The van der Waals surface area contributed by atoms with Crippen molar-refractivity contribution in [2.24, 2.45) is 0 Å². The number of carboxylic acid groups (broad SMARTS) is 1. The molecule has 0 saturated heterocycles. The van der Waals surface area contributed by atoms with Crippen molar-refractivity contribution in [2.45, 2.75) is 24.7 Å². The quantitative estimate of drug-likeness (QED) is 0.478. The van der Waals surface area contributed by atoms with Crippen LogP contribution in [0.25, 0.3) is 11.1 Å². The Kier molecular flexibility index (Phi) is 7.47. The Balaban J connectivity index is 1.51. The largest absolute Gasteiger partial charge is 0.480 e. The minimum absolute atomic E-state index is 0.139. The van der Waals surface area contributed by atoms with Gasteiger partial charge < -0.3 is 9.84 Å². The molecule has 29 heavy (non-hydrogen) atoms. The number of hydrogen-bond acceptors (Lipinski definition) is 4. The third-order valence-corrected chi connectivity index (χ3v) is 5.50. The third kappa shape index (κ3) is 6.50. The van der Waals surface area contributed by atoms with Crippen LogP contribution in [0.5, 0.6) is 0 Å². The highest BCUT2D eigenvalue weighted by atomic mass is 32.2. The molecule has 0 saturated carbocycles. The van der Waals surface area contributed by atoms with Gasteiger partial charge in [-0.2, -0.15) is 0 Å². The van der Waals surface area contributed by atoms with E-state index in [0.29, 0.717) is 12.8 Å². The average Bonchev–Trinajstić information content (AvgIpc) is 2.76. The molecule has 0 fully saturated rings. The number of carboxylic acids is 1. The molecule has 3 aromatic rings. The van der Waals surface area contributed by atoms with Crippen LogP contribution in [-0.2, 0) is 22.6 Å². The van der Waals surface area contributed by atoms with Gasteiger partial charge in [-0.15, -0.1) is 0 Å². The summed E-state index contributed by atoms with van der Waals surface area (Å²) in [5.41, 5.74) is 4.16. The van der Waals surface area contributed by atoms with Gasteiger partial charge in [0.1, 0.15) is 11.9 Å². The van der Waals surface area contributed by atoms with Crippen LogP contribution in [0.15, 0.2) is 84.9 Å².